The third-order valence-electron chi connectivity index (χ3n) is 2.65. The summed E-state index contributed by atoms with van der Waals surface area (Å²) in [6, 6.07) is 8.17. The molecular weight excluding hydrogens is 226 g/mol. The minimum atomic E-state index is 0.787. The summed E-state index contributed by atoms with van der Waals surface area (Å²) in [4.78, 5) is 0. The van der Waals surface area contributed by atoms with Crippen molar-refractivity contribution in [1.29, 1.82) is 0 Å². The van der Waals surface area contributed by atoms with E-state index in [0.717, 1.165) is 22.6 Å². The lowest BCUT2D eigenvalue weighted by Gasteiger charge is -2.22. The van der Waals surface area contributed by atoms with E-state index >= 15 is 0 Å². The molecule has 1 atom stereocenters. The van der Waals surface area contributed by atoms with E-state index in [0.29, 0.717) is 0 Å². The highest BCUT2D eigenvalue weighted by Gasteiger charge is 2.12. The molecule has 0 radical (unpaired) electrons. The number of hydrogen-bond acceptors (Lipinski definition) is 2. The summed E-state index contributed by atoms with van der Waals surface area (Å²) in [5.74, 6) is 1.10. The predicted octanol–water partition coefficient (Wildman–Crippen LogP) is 3.33. The van der Waals surface area contributed by atoms with Gasteiger partial charge in [-0.05, 0) is 37.1 Å². The number of thioether (sulfide) groups is 1. The van der Waals surface area contributed by atoms with Gasteiger partial charge >= 0.3 is 0 Å². The van der Waals surface area contributed by atoms with Gasteiger partial charge in [-0.2, -0.15) is 11.8 Å². The van der Waals surface area contributed by atoms with Crippen LogP contribution in [0.2, 0.25) is 5.02 Å². The molecule has 3 heteroatoms. The molecule has 1 aromatic carbocycles. The normalized spacial score (nSPS) is 21.5. The second-order valence-corrected chi connectivity index (χ2v) is 5.63. The summed E-state index contributed by atoms with van der Waals surface area (Å²) in [5, 5.41) is 5.05. The van der Waals surface area contributed by atoms with Crippen LogP contribution in [0.25, 0.3) is 0 Å². The third-order valence-corrected chi connectivity index (χ3v) is 4.28. The van der Waals surface area contributed by atoms with E-state index in [1.807, 2.05) is 12.1 Å². The van der Waals surface area contributed by atoms with Crippen molar-refractivity contribution < 1.29 is 0 Å². The molecular formula is C12H16ClNS. The topological polar surface area (TPSA) is 12.0 Å². The molecule has 1 nitrogen and oxygen atoms in total. The molecule has 2 rings (SSSR count). The Morgan fingerprint density at radius 1 is 1.33 bits per heavy atom. The van der Waals surface area contributed by atoms with Gasteiger partial charge < -0.3 is 5.32 Å². The summed E-state index contributed by atoms with van der Waals surface area (Å²) in [5.41, 5.74) is 1.37. The summed E-state index contributed by atoms with van der Waals surface area (Å²) in [7, 11) is 0. The van der Waals surface area contributed by atoms with Gasteiger partial charge in [0.25, 0.3) is 0 Å². The molecule has 1 aliphatic heterocycles. The first-order valence-electron chi connectivity index (χ1n) is 5.41. The van der Waals surface area contributed by atoms with Crippen molar-refractivity contribution in [2.45, 2.75) is 23.8 Å². The van der Waals surface area contributed by atoms with Crippen molar-refractivity contribution in [3.05, 3.63) is 34.9 Å². The fourth-order valence-electron chi connectivity index (χ4n) is 1.76. The van der Waals surface area contributed by atoms with Crippen LogP contribution in [0, 0.1) is 0 Å². The molecule has 0 amide bonds. The maximum atomic E-state index is 5.84. The monoisotopic (exact) mass is 241 g/mol. The van der Waals surface area contributed by atoms with E-state index in [1.54, 1.807) is 0 Å². The second-order valence-electron chi connectivity index (χ2n) is 3.91. The Balaban J connectivity index is 1.79. The quantitative estimate of drug-likeness (QED) is 0.872. The zero-order valence-electron chi connectivity index (χ0n) is 8.71. The smallest absolute Gasteiger partial charge is 0.0406 e. The first kappa shape index (κ1) is 11.3. The van der Waals surface area contributed by atoms with Gasteiger partial charge in [0.1, 0.15) is 0 Å². The Kier molecular flexibility index (Phi) is 4.36. The van der Waals surface area contributed by atoms with Crippen LogP contribution in [0.15, 0.2) is 24.3 Å². The molecule has 0 spiro atoms. The summed E-state index contributed by atoms with van der Waals surface area (Å²) >= 11 is 7.89. The molecule has 0 saturated carbocycles. The van der Waals surface area contributed by atoms with E-state index in [4.69, 9.17) is 11.6 Å². The zero-order chi connectivity index (χ0) is 10.5. The lowest BCUT2D eigenvalue weighted by Crippen LogP contribution is -2.31. The number of halogens is 1. The summed E-state index contributed by atoms with van der Waals surface area (Å²) in [6.07, 6.45) is 2.67. The molecule has 1 heterocycles. The van der Waals surface area contributed by atoms with Gasteiger partial charge in [-0.1, -0.05) is 23.7 Å². The number of rotatable bonds is 3. The van der Waals surface area contributed by atoms with Crippen LogP contribution in [0.5, 0.6) is 0 Å². The molecule has 1 N–H and O–H groups in total. The molecule has 82 valence electrons. The lowest BCUT2D eigenvalue weighted by atomic mass is 10.2. The molecule has 0 aliphatic carbocycles. The zero-order valence-corrected chi connectivity index (χ0v) is 10.3. The van der Waals surface area contributed by atoms with Crippen LogP contribution < -0.4 is 5.32 Å². The molecule has 1 aromatic rings. The molecule has 1 saturated heterocycles. The third kappa shape index (κ3) is 3.71. The highest BCUT2D eigenvalue weighted by atomic mass is 35.5. The van der Waals surface area contributed by atoms with Crippen molar-refractivity contribution in [2.24, 2.45) is 0 Å². The Morgan fingerprint density at radius 2 is 2.13 bits per heavy atom. The van der Waals surface area contributed by atoms with Crippen molar-refractivity contribution >= 4 is 23.4 Å². The van der Waals surface area contributed by atoms with Gasteiger partial charge in [0.2, 0.25) is 0 Å². The molecule has 15 heavy (non-hydrogen) atoms. The number of piperidine rings is 1. The van der Waals surface area contributed by atoms with E-state index < -0.39 is 0 Å². The maximum Gasteiger partial charge on any atom is 0.0406 e. The number of hydrogen-bond donors (Lipinski definition) is 1. The van der Waals surface area contributed by atoms with Gasteiger partial charge in [-0.3, -0.25) is 0 Å². The SMILES string of the molecule is Clc1ccc(CSC2CCCNC2)cc1. The average Bonchev–Trinajstić information content (AvgIpc) is 2.30. The van der Waals surface area contributed by atoms with Gasteiger partial charge in [0.05, 0.1) is 0 Å². The van der Waals surface area contributed by atoms with Crippen molar-refractivity contribution in [2.75, 3.05) is 13.1 Å². The Labute approximate surface area is 101 Å². The highest BCUT2D eigenvalue weighted by molar-refractivity contribution is 7.99. The van der Waals surface area contributed by atoms with E-state index in [9.17, 15) is 0 Å². The standard InChI is InChI=1S/C12H16ClNS/c13-11-5-3-10(4-6-11)9-15-12-2-1-7-14-8-12/h3-6,12,14H,1-2,7-9H2. The van der Waals surface area contributed by atoms with Crippen molar-refractivity contribution in [3.63, 3.8) is 0 Å². The Bertz CT molecular complexity index is 293. The first-order chi connectivity index (χ1) is 7.34. The van der Waals surface area contributed by atoms with Crippen LogP contribution in [0.4, 0.5) is 0 Å². The van der Waals surface area contributed by atoms with Crippen LogP contribution in [-0.2, 0) is 5.75 Å². The predicted molar refractivity (Wildman–Crippen MR) is 68.6 cm³/mol. The Hall–Kier alpha value is -0.180. The second kappa shape index (κ2) is 5.78. The molecule has 1 fully saturated rings. The number of benzene rings is 1. The van der Waals surface area contributed by atoms with Gasteiger partial charge in [-0.15, -0.1) is 0 Å². The van der Waals surface area contributed by atoms with Crippen molar-refractivity contribution in [3.8, 4) is 0 Å². The summed E-state index contributed by atoms with van der Waals surface area (Å²) < 4.78 is 0. The average molecular weight is 242 g/mol. The van der Waals surface area contributed by atoms with Gasteiger partial charge in [0, 0.05) is 22.6 Å². The van der Waals surface area contributed by atoms with Gasteiger partial charge in [-0.25, -0.2) is 0 Å². The van der Waals surface area contributed by atoms with E-state index in [-0.39, 0.29) is 0 Å². The maximum absolute atomic E-state index is 5.84. The molecule has 0 bridgehead atoms. The summed E-state index contributed by atoms with van der Waals surface area (Å²) in [6.45, 7) is 2.36. The van der Waals surface area contributed by atoms with E-state index in [2.05, 4.69) is 29.2 Å². The molecule has 0 aromatic heterocycles. The van der Waals surface area contributed by atoms with Crippen molar-refractivity contribution in [1.82, 2.24) is 5.32 Å². The van der Waals surface area contributed by atoms with Crippen LogP contribution in [-0.4, -0.2) is 18.3 Å². The molecule has 1 unspecified atom stereocenters. The molecule has 1 aliphatic rings. The van der Waals surface area contributed by atoms with Crippen LogP contribution in [0.1, 0.15) is 18.4 Å². The largest absolute Gasteiger partial charge is 0.316 e. The fourth-order valence-corrected chi connectivity index (χ4v) is 3.07. The van der Waals surface area contributed by atoms with Crippen LogP contribution in [0.3, 0.4) is 0 Å². The fraction of sp³-hybridized carbons (Fsp3) is 0.500. The minimum Gasteiger partial charge on any atom is -0.316 e. The Morgan fingerprint density at radius 3 is 2.80 bits per heavy atom. The van der Waals surface area contributed by atoms with Gasteiger partial charge in [0.15, 0.2) is 0 Å². The lowest BCUT2D eigenvalue weighted by molar-refractivity contribution is 0.531. The minimum absolute atomic E-state index is 0.787. The highest BCUT2D eigenvalue weighted by Crippen LogP contribution is 2.23. The van der Waals surface area contributed by atoms with Crippen LogP contribution >= 0.6 is 23.4 Å². The number of nitrogens with one attached hydrogen (secondary N) is 1. The first-order valence-corrected chi connectivity index (χ1v) is 6.84. The van der Waals surface area contributed by atoms with E-state index in [1.165, 1.54) is 24.9 Å².